The maximum absolute atomic E-state index is 13.7. The molecule has 0 saturated carbocycles. The Morgan fingerprint density at radius 2 is 1.72 bits per heavy atom. The second kappa shape index (κ2) is 7.83. The summed E-state index contributed by atoms with van der Waals surface area (Å²) in [5, 5.41) is 10.1. The molecule has 3 aromatic carbocycles. The van der Waals surface area contributed by atoms with Gasteiger partial charge in [-0.15, -0.1) is 0 Å². The summed E-state index contributed by atoms with van der Waals surface area (Å²) >= 11 is 6.04. The summed E-state index contributed by atoms with van der Waals surface area (Å²) < 4.78 is 11.7. The van der Waals surface area contributed by atoms with E-state index in [1.807, 2.05) is 30.3 Å². The molecule has 4 nitrogen and oxygen atoms in total. The molecular formula is C24H16ClNO3. The second-order valence-electron chi connectivity index (χ2n) is 6.47. The summed E-state index contributed by atoms with van der Waals surface area (Å²) in [5.74, 6) is 0.850. The lowest BCUT2D eigenvalue weighted by atomic mass is 9.97. The zero-order chi connectivity index (χ0) is 20.4. The quantitative estimate of drug-likeness (QED) is 0.430. The zero-order valence-corrected chi connectivity index (χ0v) is 16.4. The van der Waals surface area contributed by atoms with Gasteiger partial charge in [-0.05, 0) is 23.8 Å². The first kappa shape index (κ1) is 18.8. The number of methoxy groups -OCH3 is 1. The van der Waals surface area contributed by atoms with Crippen LogP contribution in [0.4, 0.5) is 0 Å². The number of rotatable bonds is 4. The molecule has 0 aliphatic heterocycles. The molecule has 142 valence electrons. The summed E-state index contributed by atoms with van der Waals surface area (Å²) in [7, 11) is 1.51. The third kappa shape index (κ3) is 3.37. The molecule has 1 aromatic heterocycles. The first-order valence-electron chi connectivity index (χ1n) is 8.99. The number of hydrogen-bond acceptors (Lipinski definition) is 4. The highest BCUT2D eigenvalue weighted by Gasteiger charge is 2.22. The summed E-state index contributed by atoms with van der Waals surface area (Å²) in [5.41, 5.74) is 2.67. The number of fused-ring (bicyclic) bond motifs is 1. The number of nitriles is 1. The van der Waals surface area contributed by atoms with Gasteiger partial charge in [-0.25, -0.2) is 0 Å². The van der Waals surface area contributed by atoms with E-state index >= 15 is 0 Å². The molecule has 29 heavy (non-hydrogen) atoms. The molecule has 0 amide bonds. The van der Waals surface area contributed by atoms with Crippen LogP contribution in [0, 0.1) is 11.3 Å². The maximum Gasteiger partial charge on any atom is 0.204 e. The van der Waals surface area contributed by atoms with E-state index in [1.54, 1.807) is 36.4 Å². The SMILES string of the molecule is COc1ccc(CC#N)c2oc(-c3ccccc3)c(-c3ccc(Cl)cc3)c(=O)c12. The monoisotopic (exact) mass is 401 g/mol. The average Bonchev–Trinajstić information content (AvgIpc) is 2.75. The van der Waals surface area contributed by atoms with Crippen molar-refractivity contribution in [3.8, 4) is 34.3 Å². The van der Waals surface area contributed by atoms with Crippen molar-refractivity contribution in [2.45, 2.75) is 6.42 Å². The highest BCUT2D eigenvalue weighted by Crippen LogP contribution is 2.36. The molecule has 0 radical (unpaired) electrons. The molecule has 0 bridgehead atoms. The molecule has 4 rings (SSSR count). The summed E-state index contributed by atoms with van der Waals surface area (Å²) in [4.78, 5) is 13.7. The molecule has 0 saturated heterocycles. The first-order chi connectivity index (χ1) is 14.1. The molecule has 0 unspecified atom stereocenters. The van der Waals surface area contributed by atoms with Crippen molar-refractivity contribution >= 4 is 22.6 Å². The Balaban J connectivity index is 2.17. The molecular weight excluding hydrogens is 386 g/mol. The van der Waals surface area contributed by atoms with Crippen molar-refractivity contribution in [3.63, 3.8) is 0 Å². The first-order valence-corrected chi connectivity index (χ1v) is 9.37. The fourth-order valence-corrected chi connectivity index (χ4v) is 3.51. The number of ether oxygens (including phenoxy) is 1. The van der Waals surface area contributed by atoms with Crippen molar-refractivity contribution in [1.82, 2.24) is 0 Å². The van der Waals surface area contributed by atoms with Crippen LogP contribution >= 0.6 is 11.6 Å². The van der Waals surface area contributed by atoms with Crippen molar-refractivity contribution in [2.24, 2.45) is 0 Å². The third-order valence-electron chi connectivity index (χ3n) is 4.74. The normalized spacial score (nSPS) is 10.7. The van der Waals surface area contributed by atoms with E-state index < -0.39 is 0 Å². The molecule has 0 aliphatic carbocycles. The Labute approximate surface area is 172 Å². The van der Waals surface area contributed by atoms with Gasteiger partial charge in [-0.3, -0.25) is 4.79 Å². The third-order valence-corrected chi connectivity index (χ3v) is 5.00. The van der Waals surface area contributed by atoms with Gasteiger partial charge in [0.15, 0.2) is 0 Å². The fraction of sp³-hybridized carbons (Fsp3) is 0.0833. The minimum absolute atomic E-state index is 0.123. The molecule has 1 heterocycles. The minimum atomic E-state index is -0.218. The molecule has 4 aromatic rings. The minimum Gasteiger partial charge on any atom is -0.496 e. The van der Waals surface area contributed by atoms with E-state index in [-0.39, 0.29) is 11.8 Å². The van der Waals surface area contributed by atoms with Gasteiger partial charge in [-0.2, -0.15) is 5.26 Å². The van der Waals surface area contributed by atoms with E-state index in [0.717, 1.165) is 5.56 Å². The zero-order valence-electron chi connectivity index (χ0n) is 15.6. The number of benzene rings is 3. The van der Waals surface area contributed by atoms with Crippen molar-refractivity contribution < 1.29 is 9.15 Å². The Kier molecular flexibility index (Phi) is 5.07. The molecule has 0 aliphatic rings. The van der Waals surface area contributed by atoms with Crippen LogP contribution in [0.2, 0.25) is 5.02 Å². The van der Waals surface area contributed by atoms with E-state index in [1.165, 1.54) is 7.11 Å². The Morgan fingerprint density at radius 1 is 1.00 bits per heavy atom. The number of nitrogens with zero attached hydrogens (tertiary/aromatic N) is 1. The van der Waals surface area contributed by atoms with Gasteiger partial charge < -0.3 is 9.15 Å². The summed E-state index contributed by atoms with van der Waals surface area (Å²) in [6, 6.07) is 22.1. The van der Waals surface area contributed by atoms with Gasteiger partial charge in [0.05, 0.1) is 25.2 Å². The van der Waals surface area contributed by atoms with Crippen LogP contribution in [-0.2, 0) is 6.42 Å². The van der Waals surface area contributed by atoms with Gasteiger partial charge in [-0.1, -0.05) is 60.1 Å². The predicted molar refractivity (Wildman–Crippen MR) is 114 cm³/mol. The number of halogens is 1. The van der Waals surface area contributed by atoms with Crippen LogP contribution in [0.3, 0.4) is 0 Å². The van der Waals surface area contributed by atoms with Crippen LogP contribution in [0.1, 0.15) is 5.56 Å². The standard InChI is InChI=1S/C24H16ClNO3/c1-28-19-12-9-17(13-14-26)24-21(19)22(27)20(15-7-10-18(25)11-8-15)23(29-24)16-5-3-2-4-6-16/h2-12H,13H2,1H3. The number of hydrogen-bond donors (Lipinski definition) is 0. The van der Waals surface area contributed by atoms with Gasteiger partial charge in [0.2, 0.25) is 5.43 Å². The molecule has 0 atom stereocenters. The van der Waals surface area contributed by atoms with E-state index in [4.69, 9.17) is 20.8 Å². The van der Waals surface area contributed by atoms with Crippen molar-refractivity contribution in [2.75, 3.05) is 7.11 Å². The summed E-state index contributed by atoms with van der Waals surface area (Å²) in [6.45, 7) is 0. The van der Waals surface area contributed by atoms with Gasteiger partial charge in [0, 0.05) is 16.1 Å². The van der Waals surface area contributed by atoms with E-state index in [2.05, 4.69) is 6.07 Å². The van der Waals surface area contributed by atoms with Crippen LogP contribution in [-0.4, -0.2) is 7.11 Å². The van der Waals surface area contributed by atoms with Crippen LogP contribution in [0.15, 0.2) is 75.9 Å². The average molecular weight is 402 g/mol. The summed E-state index contributed by atoms with van der Waals surface area (Å²) in [6.07, 6.45) is 0.123. The second-order valence-corrected chi connectivity index (χ2v) is 6.91. The fourth-order valence-electron chi connectivity index (χ4n) is 3.39. The van der Waals surface area contributed by atoms with Crippen molar-refractivity contribution in [1.29, 1.82) is 5.26 Å². The Hall–Kier alpha value is -3.55. The van der Waals surface area contributed by atoms with E-state index in [0.29, 0.717) is 44.2 Å². The molecule has 5 heteroatoms. The largest absolute Gasteiger partial charge is 0.496 e. The molecule has 0 spiro atoms. The molecule has 0 N–H and O–H groups in total. The van der Waals surface area contributed by atoms with Crippen LogP contribution in [0.25, 0.3) is 33.4 Å². The predicted octanol–water partition coefficient (Wildman–Crippen LogP) is 5.86. The van der Waals surface area contributed by atoms with Crippen LogP contribution in [0.5, 0.6) is 5.75 Å². The lowest BCUT2D eigenvalue weighted by molar-refractivity contribution is 0.418. The molecule has 0 fully saturated rings. The van der Waals surface area contributed by atoms with Crippen LogP contribution < -0.4 is 10.2 Å². The van der Waals surface area contributed by atoms with Crippen molar-refractivity contribution in [3.05, 3.63) is 87.5 Å². The van der Waals surface area contributed by atoms with Gasteiger partial charge >= 0.3 is 0 Å². The highest BCUT2D eigenvalue weighted by molar-refractivity contribution is 6.30. The van der Waals surface area contributed by atoms with Gasteiger partial charge in [0.25, 0.3) is 0 Å². The lowest BCUT2D eigenvalue weighted by Gasteiger charge is -2.14. The van der Waals surface area contributed by atoms with E-state index in [9.17, 15) is 10.1 Å². The Morgan fingerprint density at radius 3 is 2.38 bits per heavy atom. The van der Waals surface area contributed by atoms with Gasteiger partial charge in [0.1, 0.15) is 22.5 Å². The lowest BCUT2D eigenvalue weighted by Crippen LogP contribution is -2.10. The topological polar surface area (TPSA) is 63.2 Å². The smallest absolute Gasteiger partial charge is 0.204 e. The maximum atomic E-state index is 13.7. The Bertz CT molecular complexity index is 1290. The highest BCUT2D eigenvalue weighted by atomic mass is 35.5.